The van der Waals surface area contributed by atoms with Gasteiger partial charge in [0.2, 0.25) is 0 Å². The summed E-state index contributed by atoms with van der Waals surface area (Å²) >= 11 is 0. The molecule has 1 aromatic carbocycles. The summed E-state index contributed by atoms with van der Waals surface area (Å²) in [4.78, 5) is 0. The molecule has 1 atom stereocenters. The Bertz CT molecular complexity index is 461. The number of halogens is 5. The van der Waals surface area contributed by atoms with Crippen molar-refractivity contribution in [2.45, 2.75) is 44.5 Å². The topological polar surface area (TPSA) is 35.2 Å². The first-order valence-electron chi connectivity index (χ1n) is 6.67. The number of benzene rings is 1. The van der Waals surface area contributed by atoms with E-state index in [1.165, 1.54) is 0 Å². The van der Waals surface area contributed by atoms with Crippen LogP contribution in [0.1, 0.15) is 43.7 Å². The molecule has 0 unspecified atom stereocenters. The zero-order valence-corrected chi connectivity index (χ0v) is 12.1. The molecular weight excluding hydrogens is 310 g/mol. The molecule has 0 heterocycles. The van der Waals surface area contributed by atoms with E-state index in [4.69, 9.17) is 5.73 Å². The second-order valence-corrected chi connectivity index (χ2v) is 5.15. The number of nitrogens with two attached hydrogens (primary N) is 1. The van der Waals surface area contributed by atoms with Crippen LogP contribution in [0.15, 0.2) is 18.2 Å². The third-order valence-corrected chi connectivity index (χ3v) is 3.72. The minimum absolute atomic E-state index is 0. The Morgan fingerprint density at radius 3 is 2.33 bits per heavy atom. The fourth-order valence-electron chi connectivity index (χ4n) is 2.72. The number of ether oxygens (including phenoxy) is 1. The van der Waals surface area contributed by atoms with Gasteiger partial charge in [0.1, 0.15) is 11.6 Å². The van der Waals surface area contributed by atoms with Crippen molar-refractivity contribution in [3.05, 3.63) is 29.6 Å². The van der Waals surface area contributed by atoms with E-state index in [0.717, 1.165) is 50.3 Å². The van der Waals surface area contributed by atoms with Crippen LogP contribution in [-0.4, -0.2) is 6.36 Å². The lowest BCUT2D eigenvalue weighted by Crippen LogP contribution is -2.25. The standard InChI is InChI=1S/C14H17F4NO.ClH/c15-12-7-6-10(20-14(16,17)18)8-11(12)13(19)9-4-2-1-3-5-9;/h6-9,13H,1-5,19H2;1H/t13-;/m0./s1. The second-order valence-electron chi connectivity index (χ2n) is 5.15. The smallest absolute Gasteiger partial charge is 0.406 e. The van der Waals surface area contributed by atoms with Crippen LogP contribution in [0.25, 0.3) is 0 Å². The number of hydrogen-bond acceptors (Lipinski definition) is 2. The third-order valence-electron chi connectivity index (χ3n) is 3.72. The van der Waals surface area contributed by atoms with Gasteiger partial charge in [-0.1, -0.05) is 19.3 Å². The third kappa shape index (κ3) is 5.04. The number of alkyl halides is 3. The van der Waals surface area contributed by atoms with E-state index in [1.807, 2.05) is 0 Å². The first kappa shape index (κ1) is 18.0. The summed E-state index contributed by atoms with van der Waals surface area (Å²) in [5.41, 5.74) is 6.12. The van der Waals surface area contributed by atoms with Gasteiger partial charge < -0.3 is 10.5 Å². The first-order valence-corrected chi connectivity index (χ1v) is 6.67. The maximum atomic E-state index is 13.8. The average molecular weight is 328 g/mol. The van der Waals surface area contributed by atoms with Crippen molar-refractivity contribution in [2.75, 3.05) is 0 Å². The Morgan fingerprint density at radius 2 is 1.76 bits per heavy atom. The van der Waals surface area contributed by atoms with Crippen LogP contribution in [0, 0.1) is 11.7 Å². The zero-order chi connectivity index (χ0) is 14.8. The molecule has 1 saturated carbocycles. The fourth-order valence-corrected chi connectivity index (χ4v) is 2.72. The monoisotopic (exact) mass is 327 g/mol. The molecule has 2 N–H and O–H groups in total. The van der Waals surface area contributed by atoms with Crippen molar-refractivity contribution in [3.8, 4) is 5.75 Å². The van der Waals surface area contributed by atoms with Gasteiger partial charge in [-0.2, -0.15) is 0 Å². The van der Waals surface area contributed by atoms with E-state index in [1.54, 1.807) is 0 Å². The highest BCUT2D eigenvalue weighted by molar-refractivity contribution is 5.85. The molecule has 1 fully saturated rings. The van der Waals surface area contributed by atoms with Crippen molar-refractivity contribution in [2.24, 2.45) is 11.7 Å². The molecule has 0 aromatic heterocycles. The van der Waals surface area contributed by atoms with Gasteiger partial charge in [0, 0.05) is 11.6 Å². The summed E-state index contributed by atoms with van der Waals surface area (Å²) in [7, 11) is 0. The zero-order valence-electron chi connectivity index (χ0n) is 11.3. The van der Waals surface area contributed by atoms with Crippen LogP contribution in [-0.2, 0) is 0 Å². The molecule has 0 aliphatic heterocycles. The van der Waals surface area contributed by atoms with E-state index in [0.29, 0.717) is 0 Å². The van der Waals surface area contributed by atoms with Crippen LogP contribution in [0.5, 0.6) is 5.75 Å². The van der Waals surface area contributed by atoms with Crippen molar-refractivity contribution in [3.63, 3.8) is 0 Å². The maximum absolute atomic E-state index is 13.8. The molecule has 21 heavy (non-hydrogen) atoms. The highest BCUT2D eigenvalue weighted by atomic mass is 35.5. The predicted molar refractivity (Wildman–Crippen MR) is 73.8 cm³/mol. The number of rotatable bonds is 3. The van der Waals surface area contributed by atoms with E-state index in [-0.39, 0.29) is 23.9 Å². The molecular formula is C14H18ClF4NO. The average Bonchev–Trinajstić information content (AvgIpc) is 2.40. The summed E-state index contributed by atoms with van der Waals surface area (Å²) in [5, 5.41) is 0. The van der Waals surface area contributed by atoms with Gasteiger partial charge in [-0.25, -0.2) is 4.39 Å². The highest BCUT2D eigenvalue weighted by Gasteiger charge is 2.32. The van der Waals surface area contributed by atoms with Crippen LogP contribution in [0.3, 0.4) is 0 Å². The lowest BCUT2D eigenvalue weighted by atomic mass is 9.81. The summed E-state index contributed by atoms with van der Waals surface area (Å²) in [6, 6.07) is 2.40. The molecule has 0 spiro atoms. The normalized spacial score (nSPS) is 18.0. The summed E-state index contributed by atoms with van der Waals surface area (Å²) < 4.78 is 54.2. The Balaban J connectivity index is 0.00000220. The van der Waals surface area contributed by atoms with Gasteiger partial charge >= 0.3 is 6.36 Å². The molecule has 1 aromatic rings. The quantitative estimate of drug-likeness (QED) is 0.815. The van der Waals surface area contributed by atoms with Gasteiger partial charge in [0.25, 0.3) is 0 Å². The van der Waals surface area contributed by atoms with Crippen molar-refractivity contribution in [1.82, 2.24) is 0 Å². The summed E-state index contributed by atoms with van der Waals surface area (Å²) in [5.74, 6) is -0.905. The molecule has 7 heteroatoms. The van der Waals surface area contributed by atoms with Gasteiger partial charge in [-0.05, 0) is 37.0 Å². The fraction of sp³-hybridized carbons (Fsp3) is 0.571. The molecule has 120 valence electrons. The lowest BCUT2D eigenvalue weighted by molar-refractivity contribution is -0.274. The lowest BCUT2D eigenvalue weighted by Gasteiger charge is -2.28. The van der Waals surface area contributed by atoms with Crippen LogP contribution in [0.4, 0.5) is 17.6 Å². The van der Waals surface area contributed by atoms with E-state index >= 15 is 0 Å². The highest BCUT2D eigenvalue weighted by Crippen LogP contribution is 2.35. The van der Waals surface area contributed by atoms with Gasteiger partial charge in [-0.3, -0.25) is 0 Å². The first-order chi connectivity index (χ1) is 9.37. The summed E-state index contributed by atoms with van der Waals surface area (Å²) in [6.07, 6.45) is 0.153. The molecule has 1 aliphatic carbocycles. The molecule has 0 amide bonds. The van der Waals surface area contributed by atoms with Crippen molar-refractivity contribution >= 4 is 12.4 Å². The SMILES string of the molecule is Cl.N[C@H](c1cc(OC(F)(F)F)ccc1F)C1CCCCC1. The van der Waals surface area contributed by atoms with E-state index < -0.39 is 24.0 Å². The Hall–Kier alpha value is -1.01. The van der Waals surface area contributed by atoms with Gasteiger partial charge in [0.05, 0.1) is 0 Å². The maximum Gasteiger partial charge on any atom is 0.573 e. The van der Waals surface area contributed by atoms with Crippen LogP contribution < -0.4 is 10.5 Å². The summed E-state index contributed by atoms with van der Waals surface area (Å²) in [6.45, 7) is 0. The van der Waals surface area contributed by atoms with E-state index in [2.05, 4.69) is 4.74 Å². The van der Waals surface area contributed by atoms with E-state index in [9.17, 15) is 17.6 Å². The van der Waals surface area contributed by atoms with Crippen molar-refractivity contribution in [1.29, 1.82) is 0 Å². The number of hydrogen-bond donors (Lipinski definition) is 1. The Labute approximate surface area is 127 Å². The minimum Gasteiger partial charge on any atom is -0.406 e. The molecule has 0 saturated heterocycles. The molecule has 0 bridgehead atoms. The molecule has 1 aliphatic rings. The minimum atomic E-state index is -4.79. The van der Waals surface area contributed by atoms with Crippen molar-refractivity contribution < 1.29 is 22.3 Å². The molecule has 0 radical (unpaired) electrons. The largest absolute Gasteiger partial charge is 0.573 e. The Morgan fingerprint density at radius 1 is 1.14 bits per heavy atom. The Kier molecular flexibility index (Phi) is 6.28. The van der Waals surface area contributed by atoms with Crippen LogP contribution >= 0.6 is 12.4 Å². The van der Waals surface area contributed by atoms with Gasteiger partial charge in [-0.15, -0.1) is 25.6 Å². The molecule has 2 nitrogen and oxygen atoms in total. The second kappa shape index (κ2) is 7.31. The van der Waals surface area contributed by atoms with Crippen LogP contribution in [0.2, 0.25) is 0 Å². The van der Waals surface area contributed by atoms with Gasteiger partial charge in [0.15, 0.2) is 0 Å². The predicted octanol–water partition coefficient (Wildman–Crippen LogP) is 4.73. The molecule has 2 rings (SSSR count).